The van der Waals surface area contributed by atoms with Gasteiger partial charge in [0.25, 0.3) is 0 Å². The van der Waals surface area contributed by atoms with E-state index in [1.54, 1.807) is 0 Å². The summed E-state index contributed by atoms with van der Waals surface area (Å²) in [6.45, 7) is -0.594. The Morgan fingerprint density at radius 3 is 2.74 bits per heavy atom. The van der Waals surface area contributed by atoms with Crippen LogP contribution in [0.15, 0.2) is 12.7 Å². The lowest BCUT2D eigenvalue weighted by Gasteiger charge is -2.16. The van der Waals surface area contributed by atoms with E-state index in [1.807, 2.05) is 0 Å². The molecule has 4 atom stereocenters. The summed E-state index contributed by atoms with van der Waals surface area (Å²) in [7, 11) is -4.72. The Bertz CT molecular complexity index is 763. The number of hydrogen-bond donors (Lipinski definition) is 5. The number of imidazole rings is 1. The fraction of sp³-hybridized carbons (Fsp3) is 0.500. The molecule has 1 aliphatic rings. The van der Waals surface area contributed by atoms with Crippen LogP contribution in [-0.4, -0.2) is 64.4 Å². The number of phosphoric ester groups is 1. The van der Waals surface area contributed by atoms with E-state index in [2.05, 4.69) is 19.5 Å². The molecule has 6 N–H and O–H groups in total. The molecule has 0 saturated carbocycles. The molecule has 1 aliphatic heterocycles. The summed E-state index contributed by atoms with van der Waals surface area (Å²) in [4.78, 5) is 29.2. The van der Waals surface area contributed by atoms with Gasteiger partial charge in [0.05, 0.1) is 12.9 Å². The molecule has 3 rings (SSSR count). The van der Waals surface area contributed by atoms with Crippen LogP contribution in [0.2, 0.25) is 0 Å². The molecule has 0 aliphatic carbocycles. The summed E-state index contributed by atoms with van der Waals surface area (Å²) < 4.78 is 21.8. The number of hydrogen-bond acceptors (Lipinski definition) is 9. The molecule has 1 saturated heterocycles. The molecule has 13 heteroatoms. The Labute approximate surface area is 128 Å². The third kappa shape index (κ3) is 3.05. The van der Waals surface area contributed by atoms with Gasteiger partial charge in [0.2, 0.25) is 0 Å². The van der Waals surface area contributed by atoms with Crippen molar-refractivity contribution in [1.82, 2.24) is 19.5 Å². The van der Waals surface area contributed by atoms with E-state index in [0.717, 1.165) is 0 Å². The average molecular weight is 347 g/mol. The van der Waals surface area contributed by atoms with Crippen LogP contribution in [0.5, 0.6) is 0 Å². The highest BCUT2D eigenvalue weighted by molar-refractivity contribution is 7.46. The first kappa shape index (κ1) is 16.2. The van der Waals surface area contributed by atoms with Gasteiger partial charge in [-0.2, -0.15) is 0 Å². The molecule has 23 heavy (non-hydrogen) atoms. The molecule has 1 fully saturated rings. The molecule has 2 aromatic rings. The summed E-state index contributed by atoms with van der Waals surface area (Å²) in [5.74, 6) is 0.142. The highest BCUT2D eigenvalue weighted by Gasteiger charge is 2.45. The first-order valence-electron chi connectivity index (χ1n) is 6.42. The van der Waals surface area contributed by atoms with E-state index in [9.17, 15) is 14.8 Å². The maximum atomic E-state index is 10.7. The van der Waals surface area contributed by atoms with Gasteiger partial charge in [0, 0.05) is 0 Å². The maximum absolute atomic E-state index is 10.7. The number of nitrogen functional groups attached to an aromatic ring is 1. The van der Waals surface area contributed by atoms with Crippen molar-refractivity contribution in [3.63, 3.8) is 0 Å². The Balaban J connectivity index is 1.85. The Kier molecular flexibility index (Phi) is 4.06. The number of anilines is 1. The third-order valence-electron chi connectivity index (χ3n) is 3.41. The number of nitrogens with two attached hydrogens (primary N) is 1. The Morgan fingerprint density at radius 2 is 2.04 bits per heavy atom. The lowest BCUT2D eigenvalue weighted by atomic mass is 10.1. The number of ether oxygens (including phenoxy) is 1. The first-order chi connectivity index (χ1) is 10.8. The predicted octanol–water partition coefficient (Wildman–Crippen LogP) is -1.86. The van der Waals surface area contributed by atoms with Crippen molar-refractivity contribution in [3.8, 4) is 0 Å². The summed E-state index contributed by atoms with van der Waals surface area (Å²) in [6, 6.07) is 0. The van der Waals surface area contributed by atoms with Gasteiger partial charge >= 0.3 is 7.82 Å². The number of nitrogens with zero attached hydrogens (tertiary/aromatic N) is 4. The molecule has 0 amide bonds. The van der Waals surface area contributed by atoms with Crippen molar-refractivity contribution in [3.05, 3.63) is 12.7 Å². The number of aromatic nitrogens is 4. The highest BCUT2D eigenvalue weighted by atomic mass is 31.2. The lowest BCUT2D eigenvalue weighted by Crippen LogP contribution is -2.33. The Morgan fingerprint density at radius 1 is 1.30 bits per heavy atom. The van der Waals surface area contributed by atoms with Gasteiger partial charge in [-0.15, -0.1) is 0 Å². The summed E-state index contributed by atoms with van der Waals surface area (Å²) in [5, 5.41) is 20.1. The smallest absolute Gasteiger partial charge is 0.387 e. The quantitative estimate of drug-likeness (QED) is 0.390. The van der Waals surface area contributed by atoms with Gasteiger partial charge in [0.1, 0.15) is 30.2 Å². The van der Waals surface area contributed by atoms with Crippen LogP contribution in [0.25, 0.3) is 11.2 Å². The lowest BCUT2D eigenvalue weighted by molar-refractivity contribution is -0.0504. The van der Waals surface area contributed by atoms with Crippen molar-refractivity contribution < 1.29 is 33.8 Å². The monoisotopic (exact) mass is 347 g/mol. The molecule has 2 unspecified atom stereocenters. The van der Waals surface area contributed by atoms with Crippen LogP contribution in [0.4, 0.5) is 5.82 Å². The number of aliphatic hydroxyl groups excluding tert-OH is 2. The van der Waals surface area contributed by atoms with Crippen molar-refractivity contribution in [2.45, 2.75) is 24.5 Å². The first-order valence-corrected chi connectivity index (χ1v) is 7.95. The van der Waals surface area contributed by atoms with Gasteiger partial charge < -0.3 is 30.5 Å². The zero-order chi connectivity index (χ0) is 16.8. The molecule has 0 radical (unpaired) electrons. The SMILES string of the molecule is Nc1ncnc2c1ncn2[C@@H]1O[C@H](COP(=O)(O)O)C(O)C1O. The maximum Gasteiger partial charge on any atom is 0.469 e. The highest BCUT2D eigenvalue weighted by Crippen LogP contribution is 2.38. The second-order valence-corrected chi connectivity index (χ2v) is 6.15. The second-order valence-electron chi connectivity index (χ2n) is 4.92. The summed E-state index contributed by atoms with van der Waals surface area (Å²) >= 11 is 0. The van der Waals surface area contributed by atoms with Crippen LogP contribution in [0.1, 0.15) is 6.23 Å². The molecular formula is C10H14N5O7P. The molecule has 0 spiro atoms. The molecule has 126 valence electrons. The molecule has 0 bridgehead atoms. The van der Waals surface area contributed by atoms with Gasteiger partial charge in [-0.25, -0.2) is 19.5 Å². The van der Waals surface area contributed by atoms with Crippen molar-refractivity contribution in [2.24, 2.45) is 0 Å². The second kappa shape index (κ2) is 5.76. The van der Waals surface area contributed by atoms with E-state index in [1.165, 1.54) is 17.2 Å². The minimum atomic E-state index is -4.72. The third-order valence-corrected chi connectivity index (χ3v) is 3.89. The number of fused-ring (bicyclic) bond motifs is 1. The predicted molar refractivity (Wildman–Crippen MR) is 73.7 cm³/mol. The largest absolute Gasteiger partial charge is 0.469 e. The topological polar surface area (TPSA) is 186 Å². The molecular weight excluding hydrogens is 333 g/mol. The summed E-state index contributed by atoms with van der Waals surface area (Å²) in [6.07, 6.45) is -2.49. The fourth-order valence-electron chi connectivity index (χ4n) is 2.32. The van der Waals surface area contributed by atoms with Crippen molar-refractivity contribution in [1.29, 1.82) is 0 Å². The fourth-order valence-corrected chi connectivity index (χ4v) is 2.66. The van der Waals surface area contributed by atoms with Crippen LogP contribution in [0.3, 0.4) is 0 Å². The van der Waals surface area contributed by atoms with Crippen LogP contribution < -0.4 is 5.73 Å². The van der Waals surface area contributed by atoms with E-state index in [4.69, 9.17) is 20.3 Å². The summed E-state index contributed by atoms with van der Waals surface area (Å²) in [5.41, 5.74) is 6.25. The van der Waals surface area contributed by atoms with E-state index in [-0.39, 0.29) is 11.5 Å². The van der Waals surface area contributed by atoms with E-state index in [0.29, 0.717) is 5.52 Å². The van der Waals surface area contributed by atoms with Crippen LogP contribution in [-0.2, 0) is 13.8 Å². The molecule has 3 heterocycles. The molecule has 2 aromatic heterocycles. The van der Waals surface area contributed by atoms with Gasteiger partial charge in [-0.05, 0) is 0 Å². The number of phosphoric acid groups is 1. The van der Waals surface area contributed by atoms with Crippen LogP contribution in [0, 0.1) is 0 Å². The van der Waals surface area contributed by atoms with Crippen molar-refractivity contribution >= 4 is 24.8 Å². The minimum absolute atomic E-state index is 0.142. The molecule has 12 nitrogen and oxygen atoms in total. The number of aliphatic hydroxyl groups is 2. The van der Waals surface area contributed by atoms with Gasteiger partial charge in [0.15, 0.2) is 17.7 Å². The minimum Gasteiger partial charge on any atom is -0.387 e. The zero-order valence-electron chi connectivity index (χ0n) is 11.5. The average Bonchev–Trinajstić information content (AvgIpc) is 3.01. The van der Waals surface area contributed by atoms with E-state index >= 15 is 0 Å². The number of rotatable bonds is 4. The standard InChI is InChI=1S/C10H14N5O7P/c11-8-5-9(13-2-12-8)15(3-14-5)10-7(17)6(16)4(22-10)1-21-23(18,19)20/h2-4,6-7,10,16-17H,1H2,(H2,11,12,13)(H2,18,19,20)/t4-,6?,7?,10-/m1/s1. The molecule has 0 aromatic carbocycles. The Hall–Kier alpha value is -1.66. The van der Waals surface area contributed by atoms with Crippen molar-refractivity contribution in [2.75, 3.05) is 12.3 Å². The van der Waals surface area contributed by atoms with E-state index < -0.39 is 39.0 Å². The van der Waals surface area contributed by atoms with Gasteiger partial charge in [-0.3, -0.25) is 9.09 Å². The van der Waals surface area contributed by atoms with Crippen LogP contribution >= 0.6 is 7.82 Å². The van der Waals surface area contributed by atoms with Gasteiger partial charge in [-0.1, -0.05) is 0 Å². The zero-order valence-corrected chi connectivity index (χ0v) is 12.4. The normalized spacial score (nSPS) is 28.5.